The van der Waals surface area contributed by atoms with Crippen molar-refractivity contribution in [2.75, 3.05) is 17.2 Å². The van der Waals surface area contributed by atoms with Gasteiger partial charge in [0.1, 0.15) is 5.75 Å². The Hall–Kier alpha value is -2.49. The van der Waals surface area contributed by atoms with Gasteiger partial charge in [0.05, 0.1) is 5.56 Å². The molecule has 0 bridgehead atoms. The Labute approximate surface area is 124 Å². The summed E-state index contributed by atoms with van der Waals surface area (Å²) in [6, 6.07) is 12.2. The quantitative estimate of drug-likeness (QED) is 0.846. The maximum atomic E-state index is 12.7. The SMILES string of the molecule is CCCN(C(=O)c1ccc(C)cc1O)c1ccc(N)cc1. The molecule has 0 fully saturated rings. The van der Waals surface area contributed by atoms with E-state index in [1.807, 2.05) is 32.0 Å². The number of amides is 1. The molecule has 3 N–H and O–H groups in total. The number of anilines is 2. The number of rotatable bonds is 4. The first kappa shape index (κ1) is 14.9. The lowest BCUT2D eigenvalue weighted by molar-refractivity contribution is 0.0984. The van der Waals surface area contributed by atoms with E-state index in [0.717, 1.165) is 17.7 Å². The highest BCUT2D eigenvalue weighted by molar-refractivity contribution is 6.07. The molecular formula is C17H20N2O2. The van der Waals surface area contributed by atoms with Gasteiger partial charge < -0.3 is 15.7 Å². The Morgan fingerprint density at radius 2 is 1.86 bits per heavy atom. The molecular weight excluding hydrogens is 264 g/mol. The van der Waals surface area contributed by atoms with Crippen LogP contribution in [0, 0.1) is 6.92 Å². The van der Waals surface area contributed by atoms with Gasteiger partial charge >= 0.3 is 0 Å². The zero-order valence-electron chi connectivity index (χ0n) is 12.3. The lowest BCUT2D eigenvalue weighted by atomic mass is 10.1. The lowest BCUT2D eigenvalue weighted by Gasteiger charge is -2.23. The molecule has 0 unspecified atom stereocenters. The molecule has 4 heteroatoms. The van der Waals surface area contributed by atoms with Crippen LogP contribution < -0.4 is 10.6 Å². The fourth-order valence-electron chi connectivity index (χ4n) is 2.19. The van der Waals surface area contributed by atoms with Crippen LogP contribution in [0.25, 0.3) is 0 Å². The maximum absolute atomic E-state index is 12.7. The predicted molar refractivity (Wildman–Crippen MR) is 85.7 cm³/mol. The number of nitrogens with zero attached hydrogens (tertiary/aromatic N) is 1. The van der Waals surface area contributed by atoms with Crippen LogP contribution in [0.1, 0.15) is 29.3 Å². The van der Waals surface area contributed by atoms with Gasteiger partial charge in [-0.15, -0.1) is 0 Å². The summed E-state index contributed by atoms with van der Waals surface area (Å²) >= 11 is 0. The van der Waals surface area contributed by atoms with Crippen molar-refractivity contribution >= 4 is 17.3 Å². The number of benzene rings is 2. The molecule has 2 aromatic rings. The number of nitrogen functional groups attached to an aromatic ring is 1. The van der Waals surface area contributed by atoms with Gasteiger partial charge in [0, 0.05) is 17.9 Å². The van der Waals surface area contributed by atoms with Gasteiger partial charge in [-0.25, -0.2) is 0 Å². The van der Waals surface area contributed by atoms with Crippen molar-refractivity contribution in [1.82, 2.24) is 0 Å². The van der Waals surface area contributed by atoms with Gasteiger partial charge in [0.25, 0.3) is 5.91 Å². The molecule has 0 aliphatic heterocycles. The van der Waals surface area contributed by atoms with Crippen LogP contribution in [0.2, 0.25) is 0 Å². The largest absolute Gasteiger partial charge is 0.507 e. The monoisotopic (exact) mass is 284 g/mol. The molecule has 0 heterocycles. The van der Waals surface area contributed by atoms with Crippen molar-refractivity contribution in [3.8, 4) is 5.75 Å². The Morgan fingerprint density at radius 1 is 1.19 bits per heavy atom. The van der Waals surface area contributed by atoms with Crippen LogP contribution >= 0.6 is 0 Å². The predicted octanol–water partition coefficient (Wildman–Crippen LogP) is 3.34. The molecule has 110 valence electrons. The molecule has 0 saturated carbocycles. The van der Waals surface area contributed by atoms with Gasteiger partial charge in [0.15, 0.2) is 0 Å². The molecule has 4 nitrogen and oxygen atoms in total. The van der Waals surface area contributed by atoms with Crippen LogP contribution in [-0.4, -0.2) is 17.6 Å². The minimum atomic E-state index is -0.209. The topological polar surface area (TPSA) is 66.6 Å². The van der Waals surface area contributed by atoms with E-state index in [9.17, 15) is 9.90 Å². The van der Waals surface area contributed by atoms with E-state index in [0.29, 0.717) is 17.8 Å². The first-order valence-corrected chi connectivity index (χ1v) is 7.00. The minimum absolute atomic E-state index is 0.0107. The van der Waals surface area contributed by atoms with Gasteiger partial charge in [0.2, 0.25) is 0 Å². The first-order chi connectivity index (χ1) is 10.0. The van der Waals surface area contributed by atoms with Crippen molar-refractivity contribution in [2.45, 2.75) is 20.3 Å². The average molecular weight is 284 g/mol. The molecule has 0 aliphatic carbocycles. The summed E-state index contributed by atoms with van der Waals surface area (Å²) < 4.78 is 0. The van der Waals surface area contributed by atoms with Crippen LogP contribution in [0.5, 0.6) is 5.75 Å². The van der Waals surface area contributed by atoms with Crippen molar-refractivity contribution in [2.24, 2.45) is 0 Å². The van der Waals surface area contributed by atoms with Gasteiger partial charge in [-0.1, -0.05) is 13.0 Å². The van der Waals surface area contributed by atoms with Crippen LogP contribution in [0.3, 0.4) is 0 Å². The van der Waals surface area contributed by atoms with Crippen LogP contribution in [0.4, 0.5) is 11.4 Å². The Balaban J connectivity index is 2.37. The number of phenols is 1. The van der Waals surface area contributed by atoms with E-state index in [-0.39, 0.29) is 11.7 Å². The number of hydrogen-bond acceptors (Lipinski definition) is 3. The van der Waals surface area contributed by atoms with Crippen molar-refractivity contribution < 1.29 is 9.90 Å². The number of hydrogen-bond donors (Lipinski definition) is 2. The summed E-state index contributed by atoms with van der Waals surface area (Å²) in [6.07, 6.45) is 0.822. The molecule has 0 aliphatic rings. The number of carbonyl (C=O) groups is 1. The molecule has 0 atom stereocenters. The van der Waals surface area contributed by atoms with Gasteiger partial charge in [-0.05, 0) is 55.3 Å². The average Bonchev–Trinajstić information content (AvgIpc) is 2.45. The number of aryl methyl sites for hydroxylation is 1. The number of phenolic OH excluding ortho intramolecular Hbond substituents is 1. The first-order valence-electron chi connectivity index (χ1n) is 7.00. The third kappa shape index (κ3) is 3.34. The third-order valence-electron chi connectivity index (χ3n) is 3.28. The van der Waals surface area contributed by atoms with Crippen LogP contribution in [0.15, 0.2) is 42.5 Å². The maximum Gasteiger partial charge on any atom is 0.262 e. The molecule has 0 saturated heterocycles. The summed E-state index contributed by atoms with van der Waals surface area (Å²) in [5, 5.41) is 10.0. The second-order valence-corrected chi connectivity index (χ2v) is 5.07. The van der Waals surface area contributed by atoms with Gasteiger partial charge in [-0.2, -0.15) is 0 Å². The standard InChI is InChI=1S/C17H20N2O2/c1-3-10-19(14-7-5-13(18)6-8-14)17(21)15-9-4-12(2)11-16(15)20/h4-9,11,20H,3,10,18H2,1-2H3. The molecule has 0 spiro atoms. The number of aromatic hydroxyl groups is 1. The van der Waals surface area contributed by atoms with Crippen molar-refractivity contribution in [1.29, 1.82) is 0 Å². The summed E-state index contributed by atoms with van der Waals surface area (Å²) in [7, 11) is 0. The van der Waals surface area contributed by atoms with Crippen LogP contribution in [-0.2, 0) is 0 Å². The van der Waals surface area contributed by atoms with E-state index >= 15 is 0 Å². The zero-order valence-corrected chi connectivity index (χ0v) is 12.3. The zero-order chi connectivity index (χ0) is 15.4. The Kier molecular flexibility index (Phi) is 4.48. The second kappa shape index (κ2) is 6.31. The number of carbonyl (C=O) groups excluding carboxylic acids is 1. The lowest BCUT2D eigenvalue weighted by Crippen LogP contribution is -2.31. The van der Waals surface area contributed by atoms with E-state index in [1.165, 1.54) is 0 Å². The Bertz CT molecular complexity index is 636. The molecule has 2 aromatic carbocycles. The minimum Gasteiger partial charge on any atom is -0.507 e. The fourth-order valence-corrected chi connectivity index (χ4v) is 2.19. The third-order valence-corrected chi connectivity index (χ3v) is 3.28. The molecule has 0 radical (unpaired) electrons. The van der Waals surface area contributed by atoms with Crippen molar-refractivity contribution in [3.05, 3.63) is 53.6 Å². The molecule has 0 aromatic heterocycles. The fraction of sp³-hybridized carbons (Fsp3) is 0.235. The van der Waals surface area contributed by atoms with Crippen molar-refractivity contribution in [3.63, 3.8) is 0 Å². The molecule has 21 heavy (non-hydrogen) atoms. The summed E-state index contributed by atoms with van der Waals surface area (Å²) in [5.74, 6) is -0.198. The highest BCUT2D eigenvalue weighted by Gasteiger charge is 2.19. The van der Waals surface area contributed by atoms with Gasteiger partial charge in [-0.3, -0.25) is 4.79 Å². The highest BCUT2D eigenvalue weighted by atomic mass is 16.3. The summed E-state index contributed by atoms with van der Waals surface area (Å²) in [6.45, 7) is 4.46. The smallest absolute Gasteiger partial charge is 0.262 e. The Morgan fingerprint density at radius 3 is 2.43 bits per heavy atom. The number of nitrogens with two attached hydrogens (primary N) is 1. The van der Waals surface area contributed by atoms with E-state index in [1.54, 1.807) is 29.2 Å². The van der Waals surface area contributed by atoms with E-state index in [4.69, 9.17) is 5.73 Å². The van der Waals surface area contributed by atoms with E-state index < -0.39 is 0 Å². The normalized spacial score (nSPS) is 10.4. The molecule has 1 amide bonds. The summed E-state index contributed by atoms with van der Waals surface area (Å²) in [4.78, 5) is 14.3. The molecule has 2 rings (SSSR count). The summed E-state index contributed by atoms with van der Waals surface area (Å²) in [5.41, 5.74) is 8.34. The van der Waals surface area contributed by atoms with E-state index in [2.05, 4.69) is 0 Å². The second-order valence-electron chi connectivity index (χ2n) is 5.07. The highest BCUT2D eigenvalue weighted by Crippen LogP contribution is 2.24.